The summed E-state index contributed by atoms with van der Waals surface area (Å²) in [4.78, 5) is 22.3. The average molecular weight is 379 g/mol. The second kappa shape index (κ2) is 21.1. The monoisotopic (exact) mass is 378 g/mol. The first-order chi connectivity index (χ1) is 12.1. The van der Waals surface area contributed by atoms with E-state index in [1.807, 2.05) is 0 Å². The number of aliphatic hydroxyl groups is 1. The van der Waals surface area contributed by atoms with Gasteiger partial charge in [0.1, 0.15) is 6.10 Å². The molecule has 0 spiro atoms. The van der Waals surface area contributed by atoms with E-state index in [0.29, 0.717) is 0 Å². The molecule has 0 bridgehead atoms. The second-order valence-corrected chi connectivity index (χ2v) is 6.80. The van der Waals surface area contributed by atoms with E-state index in [2.05, 4.69) is 23.8 Å². The van der Waals surface area contributed by atoms with Gasteiger partial charge in [-0.25, -0.2) is 4.79 Å². The fourth-order valence-electron chi connectivity index (χ4n) is 2.59. The van der Waals surface area contributed by atoms with E-state index in [4.69, 9.17) is 5.11 Å². The Morgan fingerprint density at radius 1 is 0.885 bits per heavy atom. The summed E-state index contributed by atoms with van der Waals surface area (Å²) in [6.07, 6.45) is 19.3. The fraction of sp³-hybridized carbons (Fsp3) is 0.810. The summed E-state index contributed by atoms with van der Waals surface area (Å²) in [5.41, 5.74) is 0. The van der Waals surface area contributed by atoms with Crippen LogP contribution in [0, 0.1) is 0 Å². The number of carbonyl (C=O) groups excluding carboxylic acids is 2. The van der Waals surface area contributed by atoms with Gasteiger partial charge < -0.3 is 11.3 Å². The summed E-state index contributed by atoms with van der Waals surface area (Å²) in [5.74, 6) is -1.40. The maximum absolute atomic E-state index is 11.3. The number of unbranched alkanes of at least 4 members (excludes halogenated alkanes) is 11. The Morgan fingerprint density at radius 2 is 1.35 bits per heavy atom. The summed E-state index contributed by atoms with van der Waals surface area (Å²) < 4.78 is 4.49. The zero-order valence-electron chi connectivity index (χ0n) is 18.3. The van der Waals surface area contributed by atoms with Crippen LogP contribution in [0.4, 0.5) is 0 Å². The minimum absolute atomic E-state index is 0. The van der Waals surface area contributed by atoms with Crippen LogP contribution >= 0.6 is 0 Å². The van der Waals surface area contributed by atoms with E-state index in [9.17, 15) is 9.59 Å². The van der Waals surface area contributed by atoms with Gasteiger partial charge in [0.25, 0.3) is 0 Å². The Labute approximate surface area is 183 Å². The Bertz CT molecular complexity index is 373. The second-order valence-electron chi connectivity index (χ2n) is 6.80. The maximum Gasteiger partial charge on any atom is 1.00 e. The third-order valence-corrected chi connectivity index (χ3v) is 4.20. The molecule has 0 saturated heterocycles. The molecular formula is C21H39NaO4. The fourth-order valence-corrected chi connectivity index (χ4v) is 2.59. The van der Waals surface area contributed by atoms with E-state index < -0.39 is 18.0 Å². The number of hydrogen-bond donors (Lipinski definition) is 1. The first kappa shape index (κ1) is 28.1. The van der Waals surface area contributed by atoms with Crippen molar-refractivity contribution in [1.82, 2.24) is 0 Å². The number of ether oxygens (including phenoxy) is 1. The predicted molar refractivity (Wildman–Crippen MR) is 103 cm³/mol. The molecule has 0 saturated carbocycles. The molecule has 0 aromatic rings. The van der Waals surface area contributed by atoms with Gasteiger partial charge in [-0.3, -0.25) is 4.79 Å². The van der Waals surface area contributed by atoms with Crippen molar-refractivity contribution in [2.45, 2.75) is 110 Å². The Hall–Kier alpha value is -0.160. The molecule has 0 rings (SSSR count). The summed E-state index contributed by atoms with van der Waals surface area (Å²) in [7, 11) is 0. The molecule has 0 aliphatic carbocycles. The smallest absolute Gasteiger partial charge is 1.00 e. The molecule has 4 nitrogen and oxygen atoms in total. The molecule has 1 N–H and O–H groups in total. The number of allylic oxidation sites excluding steroid dienone is 2. The SMILES string of the molecule is CCCCCCCCC=CCCCCCCCC(=O)OC(=O)C(C)O.[H-].[Na+]. The van der Waals surface area contributed by atoms with Crippen LogP contribution in [0.5, 0.6) is 0 Å². The van der Waals surface area contributed by atoms with Gasteiger partial charge in [-0.05, 0) is 39.0 Å². The molecule has 1 atom stereocenters. The van der Waals surface area contributed by atoms with E-state index >= 15 is 0 Å². The molecule has 0 heterocycles. The Kier molecular flexibility index (Phi) is 22.8. The van der Waals surface area contributed by atoms with Crippen LogP contribution in [-0.2, 0) is 14.3 Å². The van der Waals surface area contributed by atoms with Gasteiger partial charge in [0, 0.05) is 6.42 Å². The van der Waals surface area contributed by atoms with Crippen LogP contribution in [0.3, 0.4) is 0 Å². The number of aliphatic hydroxyl groups excluding tert-OH is 1. The molecule has 0 aromatic carbocycles. The molecule has 0 fully saturated rings. The van der Waals surface area contributed by atoms with Gasteiger partial charge in [0.05, 0.1) is 0 Å². The third kappa shape index (κ3) is 20.2. The van der Waals surface area contributed by atoms with Gasteiger partial charge in [0.2, 0.25) is 0 Å². The van der Waals surface area contributed by atoms with Gasteiger partial charge >= 0.3 is 41.5 Å². The first-order valence-corrected chi connectivity index (χ1v) is 10.2. The Morgan fingerprint density at radius 3 is 1.85 bits per heavy atom. The van der Waals surface area contributed by atoms with Crippen molar-refractivity contribution in [1.29, 1.82) is 0 Å². The molecular weight excluding hydrogens is 339 g/mol. The van der Waals surface area contributed by atoms with Crippen molar-refractivity contribution in [2.24, 2.45) is 0 Å². The topological polar surface area (TPSA) is 63.6 Å². The third-order valence-electron chi connectivity index (χ3n) is 4.20. The molecule has 5 heteroatoms. The molecule has 26 heavy (non-hydrogen) atoms. The van der Waals surface area contributed by atoms with Gasteiger partial charge in [0.15, 0.2) is 0 Å². The number of carbonyl (C=O) groups is 2. The van der Waals surface area contributed by atoms with Gasteiger partial charge in [-0.1, -0.05) is 70.4 Å². The first-order valence-electron chi connectivity index (χ1n) is 10.2. The largest absolute Gasteiger partial charge is 1.00 e. The minimum Gasteiger partial charge on any atom is -1.00 e. The van der Waals surface area contributed by atoms with Crippen molar-refractivity contribution in [3.8, 4) is 0 Å². The van der Waals surface area contributed by atoms with E-state index in [-0.39, 0.29) is 37.4 Å². The number of rotatable bonds is 16. The predicted octanol–water partition coefficient (Wildman–Crippen LogP) is 2.59. The molecule has 0 aliphatic heterocycles. The number of hydrogen-bond acceptors (Lipinski definition) is 4. The quantitative estimate of drug-likeness (QED) is 0.147. The molecule has 0 radical (unpaired) electrons. The average Bonchev–Trinajstić information content (AvgIpc) is 2.58. The standard InChI is InChI=1S/C21H38O4.Na.H/c1-3-4-5-6-7-8-9-10-11-12-13-14-15-16-17-18-20(23)25-21(24)19(2)22;;/h10-11,19,22H,3-9,12-18H2,1-2H3;;/q;+1;-1. The minimum atomic E-state index is -1.24. The van der Waals surface area contributed by atoms with Crippen LogP contribution in [0.15, 0.2) is 12.2 Å². The van der Waals surface area contributed by atoms with Crippen molar-refractivity contribution < 1.29 is 50.4 Å². The summed E-state index contributed by atoms with van der Waals surface area (Å²) in [6.45, 7) is 3.54. The van der Waals surface area contributed by atoms with Crippen LogP contribution in [0.2, 0.25) is 0 Å². The summed E-state index contributed by atoms with van der Waals surface area (Å²) in [6, 6.07) is 0. The zero-order valence-corrected chi connectivity index (χ0v) is 19.3. The zero-order chi connectivity index (χ0) is 18.8. The molecule has 0 amide bonds. The van der Waals surface area contributed by atoms with Crippen LogP contribution < -0.4 is 29.6 Å². The Balaban J connectivity index is -0.00000288. The summed E-state index contributed by atoms with van der Waals surface area (Å²) >= 11 is 0. The van der Waals surface area contributed by atoms with E-state index in [0.717, 1.165) is 25.7 Å². The molecule has 0 aliphatic rings. The van der Waals surface area contributed by atoms with Crippen LogP contribution in [0.25, 0.3) is 0 Å². The maximum atomic E-state index is 11.3. The van der Waals surface area contributed by atoms with Gasteiger partial charge in [-0.2, -0.15) is 0 Å². The van der Waals surface area contributed by atoms with Crippen molar-refractivity contribution in [2.75, 3.05) is 0 Å². The molecule has 0 aromatic heterocycles. The normalized spacial score (nSPS) is 12.0. The van der Waals surface area contributed by atoms with Gasteiger partial charge in [-0.15, -0.1) is 0 Å². The van der Waals surface area contributed by atoms with E-state index in [1.165, 1.54) is 64.7 Å². The number of esters is 2. The van der Waals surface area contributed by atoms with Crippen molar-refractivity contribution in [3.63, 3.8) is 0 Å². The van der Waals surface area contributed by atoms with Crippen molar-refractivity contribution in [3.05, 3.63) is 12.2 Å². The van der Waals surface area contributed by atoms with Crippen LogP contribution in [0.1, 0.15) is 105 Å². The summed E-state index contributed by atoms with van der Waals surface area (Å²) in [5, 5.41) is 8.94. The van der Waals surface area contributed by atoms with Crippen LogP contribution in [-0.4, -0.2) is 23.1 Å². The van der Waals surface area contributed by atoms with E-state index in [1.54, 1.807) is 0 Å². The van der Waals surface area contributed by atoms with Crippen molar-refractivity contribution >= 4 is 11.9 Å². The molecule has 1 unspecified atom stereocenters. The molecule has 148 valence electrons.